The maximum atomic E-state index is 10.3. The van der Waals surface area contributed by atoms with Gasteiger partial charge in [-0.05, 0) is 6.07 Å². The molecule has 4 heteroatoms. The maximum Gasteiger partial charge on any atom is 0.117 e. The first-order valence-electron chi connectivity index (χ1n) is 3.88. The standard InChI is InChI=1S/C9H10ClNO2/c10-7-4-2-1-3-6(7)8(11)5-9(12)13/h1-4,8H,5,11H2,(H,12,13)/t8-/m1/s1. The molecule has 0 aliphatic carbocycles. The first-order chi connectivity index (χ1) is 6.11. The van der Waals surface area contributed by atoms with Gasteiger partial charge in [0.25, 0.3) is 0 Å². The molecule has 3 nitrogen and oxygen atoms in total. The van der Waals surface area contributed by atoms with Crippen LogP contribution in [0.2, 0.25) is 5.02 Å². The predicted molar refractivity (Wildman–Crippen MR) is 46.7 cm³/mol. The highest BCUT2D eigenvalue weighted by atomic mass is 35.5. The minimum Gasteiger partial charge on any atom is -0.550 e. The SMILES string of the molecule is [NH3+][C@H](CC(=O)[O-])c1ccccc1Cl. The van der Waals surface area contributed by atoms with E-state index in [-0.39, 0.29) is 12.5 Å². The van der Waals surface area contributed by atoms with Crippen molar-refractivity contribution in [2.75, 3.05) is 0 Å². The second kappa shape index (κ2) is 4.25. The van der Waals surface area contributed by atoms with E-state index < -0.39 is 5.97 Å². The Labute approximate surface area is 81.1 Å². The number of carbonyl (C=O) groups excluding carboxylic acids is 1. The molecule has 1 aromatic rings. The van der Waals surface area contributed by atoms with Crippen molar-refractivity contribution in [1.29, 1.82) is 0 Å². The molecule has 3 N–H and O–H groups in total. The average molecular weight is 200 g/mol. The highest BCUT2D eigenvalue weighted by Gasteiger charge is 2.12. The fraction of sp³-hybridized carbons (Fsp3) is 0.222. The largest absolute Gasteiger partial charge is 0.550 e. The molecule has 0 unspecified atom stereocenters. The Hall–Kier alpha value is -1.06. The van der Waals surface area contributed by atoms with Crippen molar-refractivity contribution in [1.82, 2.24) is 0 Å². The van der Waals surface area contributed by atoms with Crippen LogP contribution < -0.4 is 10.8 Å². The monoisotopic (exact) mass is 199 g/mol. The number of rotatable bonds is 3. The Morgan fingerprint density at radius 2 is 2.15 bits per heavy atom. The third-order valence-electron chi connectivity index (χ3n) is 1.76. The molecule has 0 aliphatic rings. The summed E-state index contributed by atoms with van der Waals surface area (Å²) in [6.45, 7) is 0. The number of aliphatic carboxylic acids is 1. The van der Waals surface area contributed by atoms with Crippen LogP contribution in [0, 0.1) is 0 Å². The number of carboxylic acid groups (broad SMARTS) is 1. The molecular formula is C9H10ClNO2. The highest BCUT2D eigenvalue weighted by Crippen LogP contribution is 2.21. The molecule has 0 spiro atoms. The molecule has 1 aromatic carbocycles. The smallest absolute Gasteiger partial charge is 0.117 e. The fourth-order valence-corrected chi connectivity index (χ4v) is 1.41. The lowest BCUT2D eigenvalue weighted by atomic mass is 10.1. The van der Waals surface area contributed by atoms with Crippen LogP contribution in [0.5, 0.6) is 0 Å². The van der Waals surface area contributed by atoms with Gasteiger partial charge < -0.3 is 15.6 Å². The van der Waals surface area contributed by atoms with Gasteiger partial charge in [0.1, 0.15) is 6.04 Å². The number of hydrogen-bond acceptors (Lipinski definition) is 2. The molecule has 1 atom stereocenters. The molecule has 0 amide bonds. The van der Waals surface area contributed by atoms with E-state index in [0.29, 0.717) is 5.02 Å². The van der Waals surface area contributed by atoms with E-state index >= 15 is 0 Å². The molecule has 70 valence electrons. The molecule has 1 rings (SSSR count). The van der Waals surface area contributed by atoms with E-state index in [4.69, 9.17) is 11.6 Å². The van der Waals surface area contributed by atoms with Crippen LogP contribution in [-0.4, -0.2) is 5.97 Å². The molecule has 0 saturated heterocycles. The van der Waals surface area contributed by atoms with Gasteiger partial charge in [0.05, 0.1) is 0 Å². The molecule has 13 heavy (non-hydrogen) atoms. The number of carbonyl (C=O) groups is 1. The topological polar surface area (TPSA) is 67.8 Å². The van der Waals surface area contributed by atoms with Crippen molar-refractivity contribution in [2.24, 2.45) is 0 Å². The molecular weight excluding hydrogens is 190 g/mol. The van der Waals surface area contributed by atoms with Gasteiger partial charge in [-0.25, -0.2) is 0 Å². The Kier molecular flexibility index (Phi) is 3.28. The van der Waals surface area contributed by atoms with Crippen LogP contribution >= 0.6 is 11.6 Å². The summed E-state index contributed by atoms with van der Waals surface area (Å²) in [7, 11) is 0. The van der Waals surface area contributed by atoms with Gasteiger partial charge in [0.15, 0.2) is 0 Å². The van der Waals surface area contributed by atoms with Gasteiger partial charge in [-0.3, -0.25) is 0 Å². The molecule has 0 fully saturated rings. The van der Waals surface area contributed by atoms with E-state index in [9.17, 15) is 9.90 Å². The first-order valence-corrected chi connectivity index (χ1v) is 4.26. The lowest BCUT2D eigenvalue weighted by Crippen LogP contribution is -2.55. The van der Waals surface area contributed by atoms with E-state index in [1.807, 2.05) is 0 Å². The van der Waals surface area contributed by atoms with Crippen molar-refractivity contribution in [2.45, 2.75) is 12.5 Å². The zero-order chi connectivity index (χ0) is 9.84. The van der Waals surface area contributed by atoms with Crippen molar-refractivity contribution >= 4 is 17.6 Å². The van der Waals surface area contributed by atoms with Gasteiger partial charge >= 0.3 is 0 Å². The van der Waals surface area contributed by atoms with Gasteiger partial charge in [-0.15, -0.1) is 0 Å². The summed E-state index contributed by atoms with van der Waals surface area (Å²) in [4.78, 5) is 10.3. The summed E-state index contributed by atoms with van der Waals surface area (Å²) in [5, 5.41) is 10.8. The Bertz CT molecular complexity index is 314. The number of halogens is 1. The van der Waals surface area contributed by atoms with Crippen LogP contribution in [0.4, 0.5) is 0 Å². The number of carboxylic acids is 1. The summed E-state index contributed by atoms with van der Waals surface area (Å²) in [6, 6.07) is 6.72. The summed E-state index contributed by atoms with van der Waals surface area (Å²) in [6.07, 6.45) is -0.107. The highest BCUT2D eigenvalue weighted by molar-refractivity contribution is 6.31. The van der Waals surface area contributed by atoms with Crippen LogP contribution in [0.1, 0.15) is 18.0 Å². The maximum absolute atomic E-state index is 10.3. The molecule has 0 aromatic heterocycles. The molecule has 0 heterocycles. The third kappa shape index (κ3) is 2.72. The molecule has 0 saturated carbocycles. The zero-order valence-electron chi connectivity index (χ0n) is 7.00. The van der Waals surface area contributed by atoms with Gasteiger partial charge in [-0.1, -0.05) is 29.8 Å². The van der Waals surface area contributed by atoms with Crippen LogP contribution in [0.25, 0.3) is 0 Å². The minimum absolute atomic E-state index is 0.107. The van der Waals surface area contributed by atoms with Crippen molar-refractivity contribution in [3.8, 4) is 0 Å². The molecule has 0 bridgehead atoms. The minimum atomic E-state index is -1.11. The Balaban J connectivity index is 2.82. The van der Waals surface area contributed by atoms with Gasteiger partial charge in [-0.2, -0.15) is 0 Å². The zero-order valence-corrected chi connectivity index (χ0v) is 7.75. The summed E-state index contributed by atoms with van der Waals surface area (Å²) in [5.41, 5.74) is 4.45. The van der Waals surface area contributed by atoms with E-state index in [1.165, 1.54) is 0 Å². The molecule has 0 radical (unpaired) electrons. The second-order valence-electron chi connectivity index (χ2n) is 2.79. The summed E-state index contributed by atoms with van der Waals surface area (Å²) in [5.74, 6) is -1.11. The van der Waals surface area contributed by atoms with Crippen LogP contribution in [0.3, 0.4) is 0 Å². The predicted octanol–water partition coefficient (Wildman–Crippen LogP) is -0.237. The summed E-state index contributed by atoms with van der Waals surface area (Å²) >= 11 is 5.85. The van der Waals surface area contributed by atoms with Crippen molar-refractivity contribution in [3.05, 3.63) is 34.9 Å². The fourth-order valence-electron chi connectivity index (χ4n) is 1.12. The van der Waals surface area contributed by atoms with Crippen LogP contribution in [-0.2, 0) is 4.79 Å². The van der Waals surface area contributed by atoms with Gasteiger partial charge in [0.2, 0.25) is 0 Å². The Morgan fingerprint density at radius 1 is 1.54 bits per heavy atom. The van der Waals surface area contributed by atoms with Gasteiger partial charge in [0, 0.05) is 23.0 Å². The van der Waals surface area contributed by atoms with E-state index in [1.54, 1.807) is 24.3 Å². The van der Waals surface area contributed by atoms with E-state index in [2.05, 4.69) is 5.73 Å². The molecule has 0 aliphatic heterocycles. The lowest BCUT2D eigenvalue weighted by molar-refractivity contribution is -0.430. The average Bonchev–Trinajstić information content (AvgIpc) is 2.03. The van der Waals surface area contributed by atoms with Crippen LogP contribution in [0.15, 0.2) is 24.3 Å². The first kappa shape index (κ1) is 10.0. The normalized spacial score (nSPS) is 12.5. The Morgan fingerprint density at radius 3 is 2.69 bits per heavy atom. The number of quaternary nitrogens is 1. The number of benzene rings is 1. The third-order valence-corrected chi connectivity index (χ3v) is 2.10. The lowest BCUT2D eigenvalue weighted by Gasteiger charge is -2.10. The second-order valence-corrected chi connectivity index (χ2v) is 3.20. The van der Waals surface area contributed by atoms with Crippen molar-refractivity contribution < 1.29 is 15.6 Å². The van der Waals surface area contributed by atoms with E-state index in [0.717, 1.165) is 5.56 Å². The van der Waals surface area contributed by atoms with Crippen molar-refractivity contribution in [3.63, 3.8) is 0 Å². The quantitative estimate of drug-likeness (QED) is 0.730. The number of hydrogen-bond donors (Lipinski definition) is 1. The summed E-state index contributed by atoms with van der Waals surface area (Å²) < 4.78 is 0.